The number of esters is 1. The Bertz CT molecular complexity index is 994. The van der Waals surface area contributed by atoms with Gasteiger partial charge < -0.3 is 9.64 Å². The van der Waals surface area contributed by atoms with Gasteiger partial charge in [-0.15, -0.1) is 0 Å². The summed E-state index contributed by atoms with van der Waals surface area (Å²) in [5.41, 5.74) is -0.198. The maximum absolute atomic E-state index is 12.8. The molecular weight excluding hydrogens is 423 g/mol. The molecule has 8 heteroatoms. The van der Waals surface area contributed by atoms with Crippen LogP contribution in [0.3, 0.4) is 0 Å². The van der Waals surface area contributed by atoms with Gasteiger partial charge in [0.25, 0.3) is 0 Å². The summed E-state index contributed by atoms with van der Waals surface area (Å²) in [5.74, 6) is -1.91. The van der Waals surface area contributed by atoms with E-state index in [4.69, 9.17) is 4.74 Å². The highest BCUT2D eigenvalue weighted by atomic mass is 19.4. The smallest absolute Gasteiger partial charge is 0.416 e. The maximum atomic E-state index is 12.8. The lowest BCUT2D eigenvalue weighted by Crippen LogP contribution is -2.40. The molecule has 168 valence electrons. The zero-order valence-electron chi connectivity index (χ0n) is 17.2. The number of benzene rings is 2. The highest BCUT2D eigenvalue weighted by Crippen LogP contribution is 2.29. The molecule has 0 spiro atoms. The molecule has 0 aliphatic carbocycles. The molecule has 0 unspecified atom stereocenters. The number of ketones is 1. The van der Waals surface area contributed by atoms with E-state index >= 15 is 0 Å². The van der Waals surface area contributed by atoms with Crippen LogP contribution >= 0.6 is 0 Å². The van der Waals surface area contributed by atoms with E-state index in [9.17, 15) is 27.6 Å². The number of rotatable bonds is 6. The molecule has 1 heterocycles. The summed E-state index contributed by atoms with van der Waals surface area (Å²) in [5, 5.41) is 0. The second-order valence-electron chi connectivity index (χ2n) is 7.45. The average Bonchev–Trinajstić information content (AvgIpc) is 2.81. The van der Waals surface area contributed by atoms with Crippen molar-refractivity contribution in [3.8, 4) is 0 Å². The molecule has 2 aromatic carbocycles. The highest BCUT2D eigenvalue weighted by molar-refractivity contribution is 5.98. The van der Waals surface area contributed by atoms with Crippen LogP contribution in [0.15, 0.2) is 60.7 Å². The van der Waals surface area contributed by atoms with Crippen LogP contribution in [-0.4, -0.2) is 42.3 Å². The molecule has 0 atom stereocenters. The standard InChI is InChI=1S/C24H22F3NO4/c25-24(26,27)20-8-4-7-19(15-20)21(29)16-32-23(31)18-11-13-28(14-12-18)22(30)10-9-17-5-2-1-3-6-17/h1-10,15,18H,11-14,16H2/b10-9+. The van der Waals surface area contributed by atoms with Gasteiger partial charge in [0.05, 0.1) is 11.5 Å². The number of carbonyl (C=O) groups excluding carboxylic acids is 3. The van der Waals surface area contributed by atoms with E-state index in [0.29, 0.717) is 25.9 Å². The van der Waals surface area contributed by atoms with Crippen molar-refractivity contribution in [2.75, 3.05) is 19.7 Å². The van der Waals surface area contributed by atoms with Crippen LogP contribution in [0, 0.1) is 5.92 Å². The molecule has 3 rings (SSSR count). The Labute approximate surface area is 183 Å². The first-order valence-electron chi connectivity index (χ1n) is 10.1. The summed E-state index contributed by atoms with van der Waals surface area (Å²) in [6.45, 7) is 0.123. The molecule has 1 aliphatic rings. The van der Waals surface area contributed by atoms with E-state index in [1.54, 1.807) is 11.0 Å². The molecular formula is C24H22F3NO4. The number of piperidine rings is 1. The molecule has 0 saturated carbocycles. The van der Waals surface area contributed by atoms with Gasteiger partial charge in [-0.2, -0.15) is 13.2 Å². The number of nitrogens with zero attached hydrogens (tertiary/aromatic N) is 1. The number of alkyl halides is 3. The second kappa shape index (κ2) is 10.3. The van der Waals surface area contributed by atoms with Gasteiger partial charge in [0, 0.05) is 24.7 Å². The molecule has 0 radical (unpaired) electrons. The van der Waals surface area contributed by atoms with Crippen LogP contribution < -0.4 is 0 Å². The summed E-state index contributed by atoms with van der Waals surface area (Å²) >= 11 is 0. The molecule has 1 fully saturated rings. The van der Waals surface area contributed by atoms with Crippen LogP contribution in [0.2, 0.25) is 0 Å². The molecule has 1 saturated heterocycles. The third kappa shape index (κ3) is 6.29. The van der Waals surface area contributed by atoms with Crippen molar-refractivity contribution in [1.29, 1.82) is 0 Å². The van der Waals surface area contributed by atoms with Crippen LogP contribution in [0.4, 0.5) is 13.2 Å². The zero-order valence-corrected chi connectivity index (χ0v) is 17.2. The third-order valence-electron chi connectivity index (χ3n) is 5.22. The van der Waals surface area contributed by atoms with Crippen molar-refractivity contribution in [1.82, 2.24) is 4.90 Å². The zero-order chi connectivity index (χ0) is 23.1. The van der Waals surface area contributed by atoms with Gasteiger partial charge in [0.15, 0.2) is 12.4 Å². The number of carbonyl (C=O) groups is 3. The van der Waals surface area contributed by atoms with Gasteiger partial charge in [0.1, 0.15) is 0 Å². The molecule has 0 bridgehead atoms. The number of amides is 1. The minimum absolute atomic E-state index is 0.152. The van der Waals surface area contributed by atoms with Crippen molar-refractivity contribution in [3.63, 3.8) is 0 Å². The fourth-order valence-electron chi connectivity index (χ4n) is 3.38. The Morgan fingerprint density at radius 3 is 2.34 bits per heavy atom. The van der Waals surface area contributed by atoms with E-state index in [1.807, 2.05) is 30.3 Å². The molecule has 32 heavy (non-hydrogen) atoms. The molecule has 2 aromatic rings. The maximum Gasteiger partial charge on any atom is 0.416 e. The molecule has 1 amide bonds. The third-order valence-corrected chi connectivity index (χ3v) is 5.22. The summed E-state index contributed by atoms with van der Waals surface area (Å²) < 4.78 is 43.4. The van der Waals surface area contributed by atoms with Crippen molar-refractivity contribution in [2.45, 2.75) is 19.0 Å². The average molecular weight is 445 g/mol. The Hall–Kier alpha value is -3.42. The number of halogens is 3. The number of Topliss-reactive ketones (excluding diaryl/α,β-unsaturated/α-hetero) is 1. The van der Waals surface area contributed by atoms with Gasteiger partial charge in [-0.3, -0.25) is 14.4 Å². The van der Waals surface area contributed by atoms with Gasteiger partial charge in [-0.25, -0.2) is 0 Å². The van der Waals surface area contributed by atoms with Crippen LogP contribution in [0.25, 0.3) is 6.08 Å². The van der Waals surface area contributed by atoms with Crippen LogP contribution in [0.1, 0.15) is 34.3 Å². The van der Waals surface area contributed by atoms with Gasteiger partial charge >= 0.3 is 12.1 Å². The Morgan fingerprint density at radius 1 is 1.00 bits per heavy atom. The number of hydrogen-bond donors (Lipinski definition) is 0. The molecule has 1 aliphatic heterocycles. The summed E-state index contributed by atoms with van der Waals surface area (Å²) in [6.07, 6.45) is -0.568. The summed E-state index contributed by atoms with van der Waals surface area (Å²) in [6, 6.07) is 13.4. The Balaban J connectivity index is 1.46. The van der Waals surface area contributed by atoms with E-state index in [2.05, 4.69) is 0 Å². The monoisotopic (exact) mass is 445 g/mol. The van der Waals surface area contributed by atoms with Gasteiger partial charge in [-0.1, -0.05) is 42.5 Å². The minimum atomic E-state index is -4.56. The van der Waals surface area contributed by atoms with Crippen molar-refractivity contribution in [2.24, 2.45) is 5.92 Å². The minimum Gasteiger partial charge on any atom is -0.457 e. The van der Waals surface area contributed by atoms with Crippen LogP contribution in [0.5, 0.6) is 0 Å². The Kier molecular flexibility index (Phi) is 7.45. The van der Waals surface area contributed by atoms with E-state index < -0.39 is 36.0 Å². The van der Waals surface area contributed by atoms with E-state index in [-0.39, 0.29) is 11.5 Å². The lowest BCUT2D eigenvalue weighted by Gasteiger charge is -2.30. The number of hydrogen-bond acceptors (Lipinski definition) is 4. The largest absolute Gasteiger partial charge is 0.457 e. The lowest BCUT2D eigenvalue weighted by atomic mass is 9.97. The van der Waals surface area contributed by atoms with E-state index in [1.165, 1.54) is 12.1 Å². The normalized spacial score (nSPS) is 15.0. The fourth-order valence-corrected chi connectivity index (χ4v) is 3.38. The second-order valence-corrected chi connectivity index (χ2v) is 7.45. The van der Waals surface area contributed by atoms with E-state index in [0.717, 1.165) is 23.8 Å². The van der Waals surface area contributed by atoms with Crippen molar-refractivity contribution >= 4 is 23.7 Å². The first-order chi connectivity index (χ1) is 15.2. The number of ether oxygens (including phenoxy) is 1. The van der Waals surface area contributed by atoms with Crippen LogP contribution in [-0.2, 0) is 20.5 Å². The predicted octanol–water partition coefficient (Wildman–Crippen LogP) is 4.38. The van der Waals surface area contributed by atoms with Gasteiger partial charge in [0.2, 0.25) is 5.91 Å². The summed E-state index contributed by atoms with van der Waals surface area (Å²) in [7, 11) is 0. The summed E-state index contributed by atoms with van der Waals surface area (Å²) in [4.78, 5) is 38.4. The first-order valence-corrected chi connectivity index (χ1v) is 10.1. The lowest BCUT2D eigenvalue weighted by molar-refractivity contribution is -0.150. The predicted molar refractivity (Wildman–Crippen MR) is 112 cm³/mol. The topological polar surface area (TPSA) is 63.7 Å². The quantitative estimate of drug-likeness (QED) is 0.376. The SMILES string of the molecule is O=C(COC(=O)C1CCN(C(=O)/C=C/c2ccccc2)CC1)c1cccc(C(F)(F)F)c1. The molecule has 0 N–H and O–H groups in total. The Morgan fingerprint density at radius 2 is 1.69 bits per heavy atom. The highest BCUT2D eigenvalue weighted by Gasteiger charge is 2.31. The van der Waals surface area contributed by atoms with Crippen molar-refractivity contribution < 1.29 is 32.3 Å². The first kappa shape index (κ1) is 23.2. The number of likely N-dealkylation sites (tertiary alicyclic amines) is 1. The molecule has 0 aromatic heterocycles. The molecule has 5 nitrogen and oxygen atoms in total. The van der Waals surface area contributed by atoms with Crippen molar-refractivity contribution in [3.05, 3.63) is 77.4 Å². The fraction of sp³-hybridized carbons (Fsp3) is 0.292. The van der Waals surface area contributed by atoms with Gasteiger partial charge in [-0.05, 0) is 36.6 Å².